The molecule has 0 radical (unpaired) electrons. The van der Waals surface area contributed by atoms with Gasteiger partial charge >= 0.3 is 11.4 Å². The van der Waals surface area contributed by atoms with Gasteiger partial charge in [-0.1, -0.05) is 47.5 Å². The summed E-state index contributed by atoms with van der Waals surface area (Å²) in [6.07, 6.45) is 19.8. The van der Waals surface area contributed by atoms with E-state index >= 15 is 0 Å². The molecule has 2 saturated heterocycles. The summed E-state index contributed by atoms with van der Waals surface area (Å²) in [5, 5.41) is 19.2. The number of aldehydes is 1. The summed E-state index contributed by atoms with van der Waals surface area (Å²) >= 11 is 11.6. The average Bonchev–Trinajstić information content (AvgIpc) is 3.34. The van der Waals surface area contributed by atoms with Gasteiger partial charge in [-0.05, 0) is 83.8 Å². The van der Waals surface area contributed by atoms with Crippen molar-refractivity contribution in [2.45, 2.75) is 78.2 Å². The van der Waals surface area contributed by atoms with Crippen LogP contribution in [0.5, 0.6) is 0 Å². The number of aromatic nitrogens is 20. The Morgan fingerprint density at radius 1 is 0.628 bits per heavy atom. The quantitative estimate of drug-likeness (QED) is 0.0660. The Balaban J connectivity index is 0.000000131. The second kappa shape index (κ2) is 27.0. The fraction of sp³-hybridized carbons (Fsp3) is 0.333. The Bertz CT molecular complexity index is 4380. The Kier molecular flexibility index (Phi) is 18.7. The normalized spacial score (nSPS) is 13.6. The van der Waals surface area contributed by atoms with Crippen molar-refractivity contribution in [3.05, 3.63) is 142 Å². The molecule has 27 nitrogen and oxygen atoms in total. The molecule has 446 valence electrons. The van der Waals surface area contributed by atoms with Gasteiger partial charge in [-0.2, -0.15) is 15.3 Å². The maximum absolute atomic E-state index is 12.6. The number of nitrogen functional groups attached to an aromatic ring is 1. The molecular weight excluding hydrogens is 1140 g/mol. The van der Waals surface area contributed by atoms with Gasteiger partial charge < -0.3 is 40.4 Å². The van der Waals surface area contributed by atoms with Gasteiger partial charge in [-0.15, -0.1) is 0 Å². The molecule has 0 saturated carbocycles. The van der Waals surface area contributed by atoms with E-state index < -0.39 is 0 Å². The van der Waals surface area contributed by atoms with E-state index in [1.165, 1.54) is 12.7 Å². The molecule has 14 rings (SSSR count). The number of anilines is 3. The van der Waals surface area contributed by atoms with Crippen LogP contribution in [0.2, 0.25) is 10.3 Å². The van der Waals surface area contributed by atoms with Crippen molar-refractivity contribution in [3.63, 3.8) is 0 Å². The molecule has 2 aromatic carbocycles. The van der Waals surface area contributed by atoms with Crippen molar-refractivity contribution in [2.24, 2.45) is 14.1 Å². The number of para-hydroxylation sites is 4. The largest absolute Gasteiger partial charge is 0.393 e. The average molecular weight is 1210 g/mol. The number of carbonyl (C=O) groups is 1. The van der Waals surface area contributed by atoms with Gasteiger partial charge in [0.2, 0.25) is 0 Å². The summed E-state index contributed by atoms with van der Waals surface area (Å²) in [6.45, 7) is 12.1. The molecule has 12 heterocycles. The first kappa shape index (κ1) is 59.6. The highest BCUT2D eigenvalue weighted by molar-refractivity contribution is 6.33. The monoisotopic (exact) mass is 1200 g/mol. The second-order valence-electron chi connectivity index (χ2n) is 20.1. The smallest absolute Gasteiger partial charge is 0.326 e. The van der Waals surface area contributed by atoms with Gasteiger partial charge in [0.1, 0.15) is 41.8 Å². The first-order valence-electron chi connectivity index (χ1n) is 28.1. The van der Waals surface area contributed by atoms with Crippen LogP contribution < -0.4 is 32.6 Å². The number of benzene rings is 2. The van der Waals surface area contributed by atoms with E-state index in [1.54, 1.807) is 36.6 Å². The number of H-pyrrole nitrogens is 2. The van der Waals surface area contributed by atoms with Gasteiger partial charge in [-0.25, -0.2) is 49.5 Å². The number of nitrogens with two attached hydrogens (primary N) is 1. The molecule has 2 fully saturated rings. The lowest BCUT2D eigenvalue weighted by molar-refractivity contribution is 0.112. The number of halogens is 2. The maximum Gasteiger partial charge on any atom is 0.326 e. The van der Waals surface area contributed by atoms with Crippen molar-refractivity contribution < 1.29 is 4.79 Å². The third-order valence-corrected chi connectivity index (χ3v) is 15.5. The van der Waals surface area contributed by atoms with E-state index in [0.717, 1.165) is 140 Å². The number of piperidine rings is 2. The predicted octanol–water partition coefficient (Wildman–Crippen LogP) is 7.35. The molecule has 86 heavy (non-hydrogen) atoms. The summed E-state index contributed by atoms with van der Waals surface area (Å²) in [6, 6.07) is 16.3. The summed E-state index contributed by atoms with van der Waals surface area (Å²) in [7, 11) is 5.59. The summed E-state index contributed by atoms with van der Waals surface area (Å²) in [5.74, 6) is 3.01. The van der Waals surface area contributed by atoms with Crippen molar-refractivity contribution in [1.82, 2.24) is 103 Å². The lowest BCUT2D eigenvalue weighted by Crippen LogP contribution is -2.37. The highest BCUT2D eigenvalue weighted by Gasteiger charge is 2.27. The summed E-state index contributed by atoms with van der Waals surface area (Å²) in [5.41, 5.74) is 15.1. The van der Waals surface area contributed by atoms with Crippen molar-refractivity contribution in [1.29, 1.82) is 0 Å². The van der Waals surface area contributed by atoms with Gasteiger partial charge in [0, 0.05) is 84.5 Å². The van der Waals surface area contributed by atoms with E-state index in [2.05, 4.69) is 82.6 Å². The van der Waals surface area contributed by atoms with Crippen LogP contribution in [0.4, 0.5) is 17.3 Å². The predicted molar refractivity (Wildman–Crippen MR) is 332 cm³/mol. The van der Waals surface area contributed by atoms with Crippen LogP contribution in [0, 0.1) is 0 Å². The molecule has 2 aliphatic heterocycles. The standard InChI is InChI=1S/C23H25N9O.C12H15N3O.C11H11ClN6.C6H8N2O.C5H7ClN4/c1-3-31-13-15(12-26-31)20-28-19-21(29(20)2)24-14-25-22(19)30-10-8-16(9-11-30)32-18-7-5-4-6-17(18)27-23(32)33;16-12-14-10-3-1-2-4-11(10)15(12)9-5-7-13-8-6-9;1-3-18-5-7(4-15-18)10-16-8-9(12)13-6-14-11(8)17(10)2;1-2-8-4-6(5-9)3-7-8;1-8-5-3(7)4(6)9-2-10-5/h4-7,12-14,16H,3,8-11H2,1-2H3,(H,27,33);1-4,9,13H,5-8H2,(H,14,16);4-6H,3H2,1-2H3;3-5H,2H2,1H3;2H,7H2,1H3,(H,8,9,10). The van der Waals surface area contributed by atoms with Crippen molar-refractivity contribution >= 4 is 91.2 Å². The maximum atomic E-state index is 12.6. The van der Waals surface area contributed by atoms with E-state index in [-0.39, 0.29) is 22.6 Å². The molecule has 12 aromatic rings. The molecule has 0 aliphatic carbocycles. The lowest BCUT2D eigenvalue weighted by Gasteiger charge is -2.33. The lowest BCUT2D eigenvalue weighted by atomic mass is 10.0. The Labute approximate surface area is 502 Å². The van der Waals surface area contributed by atoms with Gasteiger partial charge in [0.05, 0.1) is 57.3 Å². The number of nitrogens with zero attached hydrogens (tertiary/aromatic N) is 19. The van der Waals surface area contributed by atoms with Crippen molar-refractivity contribution in [3.8, 4) is 22.8 Å². The van der Waals surface area contributed by atoms with E-state index in [9.17, 15) is 14.4 Å². The number of aromatic amines is 2. The van der Waals surface area contributed by atoms with Crippen LogP contribution in [0.3, 0.4) is 0 Å². The number of carbonyl (C=O) groups excluding carboxylic acids is 1. The topological polar surface area (TPSA) is 312 Å². The molecule has 6 N–H and O–H groups in total. The van der Waals surface area contributed by atoms with Crippen LogP contribution in [-0.4, -0.2) is 137 Å². The molecular formula is C57H66Cl2N24O3. The SMILES string of the molecule is CCn1cc(-c2nc3c(Cl)ncnc3n2C)cn1.CCn1cc(-c2nc3c(N4CCC(n5c(=O)[nH]c6ccccc65)CC4)ncnc3n2C)cn1.CCn1cc(C=O)cn1.CNc1ncnc(Cl)c1N.O=c1[nH]c2ccccc2n1C1CCNCC1. The summed E-state index contributed by atoms with van der Waals surface area (Å²) < 4.78 is 13.2. The third-order valence-electron chi connectivity index (χ3n) is 14.9. The second-order valence-corrected chi connectivity index (χ2v) is 20.8. The molecule has 0 atom stereocenters. The zero-order valence-corrected chi connectivity index (χ0v) is 49.9. The Morgan fingerprint density at radius 3 is 1.62 bits per heavy atom. The molecule has 2 aliphatic rings. The highest BCUT2D eigenvalue weighted by atomic mass is 35.5. The number of aryl methyl sites for hydroxylation is 5. The Morgan fingerprint density at radius 2 is 1.12 bits per heavy atom. The highest BCUT2D eigenvalue weighted by Crippen LogP contribution is 2.33. The minimum atomic E-state index is -0.0407. The van der Waals surface area contributed by atoms with Crippen LogP contribution in [0.1, 0.15) is 68.9 Å². The van der Waals surface area contributed by atoms with E-state index in [0.29, 0.717) is 39.4 Å². The number of rotatable bonds is 10. The Hall–Kier alpha value is -9.60. The van der Waals surface area contributed by atoms with Crippen LogP contribution in [-0.2, 0) is 33.7 Å². The fourth-order valence-electron chi connectivity index (χ4n) is 10.5. The molecule has 29 heteroatoms. The number of imidazole rings is 4. The van der Waals surface area contributed by atoms with Crippen LogP contribution in [0.25, 0.3) is 67.2 Å². The molecule has 0 unspecified atom stereocenters. The number of hydrogen-bond donors (Lipinski definition) is 5. The summed E-state index contributed by atoms with van der Waals surface area (Å²) in [4.78, 5) is 76.9. The fourth-order valence-corrected chi connectivity index (χ4v) is 10.8. The zero-order chi connectivity index (χ0) is 60.4. The molecule has 0 bridgehead atoms. The van der Waals surface area contributed by atoms with Gasteiger partial charge in [0.25, 0.3) is 0 Å². The molecule has 0 amide bonds. The van der Waals surface area contributed by atoms with E-state index in [4.69, 9.17) is 33.9 Å². The van der Waals surface area contributed by atoms with E-state index in [1.807, 2.05) is 123 Å². The number of nitrogens with one attached hydrogen (secondary N) is 4. The minimum Gasteiger partial charge on any atom is -0.393 e. The van der Waals surface area contributed by atoms with Crippen molar-refractivity contribution in [2.75, 3.05) is 49.2 Å². The minimum absolute atomic E-state index is 0.0214. The first-order chi connectivity index (χ1) is 41.8. The third kappa shape index (κ3) is 12.7. The zero-order valence-electron chi connectivity index (χ0n) is 48.4. The number of hydrogen-bond acceptors (Lipinski definition) is 18. The first-order valence-corrected chi connectivity index (χ1v) is 28.9. The number of fused-ring (bicyclic) bond motifs is 4. The molecule has 0 spiro atoms. The van der Waals surface area contributed by atoms with Crippen LogP contribution >= 0.6 is 23.2 Å². The molecule has 10 aromatic heterocycles. The van der Waals surface area contributed by atoms with Gasteiger partial charge in [0.15, 0.2) is 45.0 Å². The van der Waals surface area contributed by atoms with Crippen LogP contribution in [0.15, 0.2) is 114 Å². The van der Waals surface area contributed by atoms with Gasteiger partial charge in [-0.3, -0.25) is 28.0 Å².